The summed E-state index contributed by atoms with van der Waals surface area (Å²) in [5.41, 5.74) is 4.32. The second kappa shape index (κ2) is 22.2. The Balaban J connectivity index is 1.04. The van der Waals surface area contributed by atoms with Crippen molar-refractivity contribution >= 4 is 91.7 Å². The van der Waals surface area contributed by atoms with Crippen LogP contribution >= 0.6 is 35.2 Å². The second-order valence-corrected chi connectivity index (χ2v) is 20.6. The molecule has 0 bridgehead atoms. The molecule has 0 saturated carbocycles. The van der Waals surface area contributed by atoms with Crippen LogP contribution in [0.4, 0.5) is 5.82 Å². The average molecular weight is 1020 g/mol. The highest BCUT2D eigenvalue weighted by molar-refractivity contribution is 8.13. The largest absolute Gasteiger partial charge is 0.481 e. The van der Waals surface area contributed by atoms with E-state index in [1.54, 1.807) is 24.3 Å². The number of carboxylic acids is 1. The Bertz CT molecular complexity index is 2630. The first-order valence-corrected chi connectivity index (χ1v) is 25.1. The standard InChI is InChI=1S/C36H46N7O20P3S/c1-36(2,30(49)33(50)39-10-9-24(44)38-11-12-67-35(51)22(14-25(45)46)27(47)21-8-7-19-5-3-4-6-20(19)13-21)16-60-66(57,58)63-65(55,56)59-15-23-29(62-64(52,53)54)28(48)34(61-23)43-18-42-26-31(37)40-17-41-32(26)43/h3-8,13,17-18,22-23,28-30,34,48-49H,9-12,14-16H2,1-2H3,(H,38,44)(H,39,50)(H,45,46)(H,55,56)(H,57,58)(H2,37,40,41)(H2,52,53,54)/t22?,23-,28-,29-,30+,34-/m1/s1. The summed E-state index contributed by atoms with van der Waals surface area (Å²) in [6, 6.07) is 12.0. The molecule has 67 heavy (non-hydrogen) atoms. The molecule has 27 nitrogen and oxygen atoms in total. The van der Waals surface area contributed by atoms with Crippen molar-refractivity contribution in [2.75, 3.05) is 37.8 Å². The lowest BCUT2D eigenvalue weighted by atomic mass is 9.87. The molecule has 0 aliphatic carbocycles. The van der Waals surface area contributed by atoms with E-state index in [0.717, 1.165) is 28.0 Å². The fourth-order valence-electron chi connectivity index (χ4n) is 6.38. The number of hydrogen-bond acceptors (Lipinski definition) is 20. The molecule has 0 radical (unpaired) electrons. The minimum absolute atomic E-state index is 0.0100. The van der Waals surface area contributed by atoms with E-state index >= 15 is 0 Å². The van der Waals surface area contributed by atoms with Crippen molar-refractivity contribution in [1.29, 1.82) is 0 Å². The fourth-order valence-corrected chi connectivity index (χ4v) is 10.0. The molecule has 2 aromatic heterocycles. The summed E-state index contributed by atoms with van der Waals surface area (Å²) in [6.07, 6.45) is -8.03. The molecular weight excluding hydrogens is 975 g/mol. The van der Waals surface area contributed by atoms with Gasteiger partial charge in [0.2, 0.25) is 11.8 Å². The second-order valence-electron chi connectivity index (χ2n) is 15.3. The van der Waals surface area contributed by atoms with Gasteiger partial charge in [-0.25, -0.2) is 28.6 Å². The number of carboxylic acid groups (broad SMARTS) is 1. The van der Waals surface area contributed by atoms with Crippen LogP contribution in [0.1, 0.15) is 43.3 Å². The quantitative estimate of drug-likeness (QED) is 0.0201. The molecule has 1 fully saturated rings. The van der Waals surface area contributed by atoms with Gasteiger partial charge in [-0.1, -0.05) is 62.0 Å². The van der Waals surface area contributed by atoms with Gasteiger partial charge in [0, 0.05) is 36.2 Å². The van der Waals surface area contributed by atoms with Crippen molar-refractivity contribution in [1.82, 2.24) is 30.2 Å². The number of anilines is 1. The van der Waals surface area contributed by atoms with E-state index in [4.69, 9.17) is 19.5 Å². The monoisotopic (exact) mass is 1020 g/mol. The number of nitrogen functional groups attached to an aromatic ring is 1. The van der Waals surface area contributed by atoms with E-state index in [-0.39, 0.29) is 47.8 Å². The number of thioether (sulfide) groups is 1. The van der Waals surface area contributed by atoms with E-state index in [1.165, 1.54) is 19.9 Å². The Labute approximate surface area is 383 Å². The maximum atomic E-state index is 13.2. The van der Waals surface area contributed by atoms with Crippen molar-refractivity contribution in [3.8, 4) is 0 Å². The van der Waals surface area contributed by atoms with Crippen LogP contribution in [0.25, 0.3) is 21.9 Å². The van der Waals surface area contributed by atoms with Gasteiger partial charge in [0.05, 0.1) is 26.0 Å². The van der Waals surface area contributed by atoms with Crippen LogP contribution in [0, 0.1) is 11.3 Å². The number of fused-ring (bicyclic) bond motifs is 2. The molecule has 11 N–H and O–H groups in total. The van der Waals surface area contributed by atoms with Crippen molar-refractivity contribution in [2.24, 2.45) is 11.3 Å². The fraction of sp³-hybridized carbons (Fsp3) is 0.444. The topological polar surface area (TPSA) is 418 Å². The van der Waals surface area contributed by atoms with Crippen LogP contribution in [0.15, 0.2) is 55.1 Å². The van der Waals surface area contributed by atoms with Gasteiger partial charge in [0.25, 0.3) is 0 Å². The number of rotatable bonds is 24. The molecule has 2 aromatic carbocycles. The Hall–Kier alpha value is -4.60. The number of carbonyl (C=O) groups excluding carboxylic acids is 4. The van der Waals surface area contributed by atoms with Crippen LogP contribution in [0.2, 0.25) is 0 Å². The first-order chi connectivity index (χ1) is 31.3. The van der Waals surface area contributed by atoms with Gasteiger partial charge in [-0.2, -0.15) is 4.31 Å². The highest BCUT2D eigenvalue weighted by Crippen LogP contribution is 2.61. The number of nitrogens with two attached hydrogens (primary N) is 1. The molecule has 3 heterocycles. The Morgan fingerprint density at radius 1 is 0.955 bits per heavy atom. The molecule has 2 amide bonds. The number of nitrogens with zero attached hydrogens (tertiary/aromatic N) is 4. The minimum Gasteiger partial charge on any atom is -0.481 e. The SMILES string of the molecule is CC(C)(COP(=O)(O)OP(=O)(O)OC[C@H]1O[C@@H](n2cnc3c(N)ncnc32)[C@H](O)[C@@H]1OP(=O)(O)O)[C@@H](O)C(=O)NCCC(=O)NCCSC(=O)C(CC(=O)O)C(=O)c1ccc2ccccc2c1. The third-order valence-corrected chi connectivity index (χ3v) is 13.8. The summed E-state index contributed by atoms with van der Waals surface area (Å²) in [5.74, 6) is -5.22. The summed E-state index contributed by atoms with van der Waals surface area (Å²) in [5, 5.41) is 36.6. The van der Waals surface area contributed by atoms with Crippen LogP contribution in [0.5, 0.6) is 0 Å². The van der Waals surface area contributed by atoms with Gasteiger partial charge in [-0.05, 0) is 16.8 Å². The third-order valence-electron chi connectivity index (χ3n) is 9.76. The number of aliphatic hydroxyl groups excluding tert-OH is 2. The molecule has 1 aliphatic heterocycles. The first-order valence-electron chi connectivity index (χ1n) is 19.6. The number of phosphoric ester groups is 3. The van der Waals surface area contributed by atoms with Gasteiger partial charge in [0.1, 0.15) is 42.2 Å². The highest BCUT2D eigenvalue weighted by atomic mass is 32.2. The van der Waals surface area contributed by atoms with E-state index in [2.05, 4.69) is 34.4 Å². The van der Waals surface area contributed by atoms with Gasteiger partial charge in [0.15, 0.2) is 28.6 Å². The molecule has 3 unspecified atom stereocenters. The summed E-state index contributed by atoms with van der Waals surface area (Å²) in [7, 11) is -16.5. The molecule has 8 atom stereocenters. The van der Waals surface area contributed by atoms with Gasteiger partial charge in [-0.15, -0.1) is 0 Å². The lowest BCUT2D eigenvalue weighted by Gasteiger charge is -2.30. The minimum atomic E-state index is -5.62. The number of imidazole rings is 1. The van der Waals surface area contributed by atoms with Gasteiger partial charge < -0.3 is 56.0 Å². The van der Waals surface area contributed by atoms with E-state index in [9.17, 15) is 72.6 Å². The molecule has 4 aromatic rings. The van der Waals surface area contributed by atoms with Gasteiger partial charge >= 0.3 is 29.4 Å². The number of Topliss-reactive ketones (excluding diaryl/α,β-unsaturated/α-hetero) is 1. The average Bonchev–Trinajstić information content (AvgIpc) is 3.81. The zero-order chi connectivity index (χ0) is 49.5. The lowest BCUT2D eigenvalue weighted by Crippen LogP contribution is -2.46. The predicted octanol–water partition coefficient (Wildman–Crippen LogP) is 0.792. The Kier molecular flexibility index (Phi) is 17.7. The van der Waals surface area contributed by atoms with E-state index in [0.29, 0.717) is 11.8 Å². The summed E-state index contributed by atoms with van der Waals surface area (Å²) in [4.78, 5) is 114. The zero-order valence-electron chi connectivity index (χ0n) is 35.2. The number of aromatic nitrogens is 4. The van der Waals surface area contributed by atoms with Crippen LogP contribution in [0.3, 0.4) is 0 Å². The Morgan fingerprint density at radius 2 is 1.64 bits per heavy atom. The predicted molar refractivity (Wildman–Crippen MR) is 231 cm³/mol. The van der Waals surface area contributed by atoms with Crippen molar-refractivity contribution in [3.05, 3.63) is 60.7 Å². The maximum absolute atomic E-state index is 13.2. The number of carbonyl (C=O) groups is 5. The number of ether oxygens (including phenoxy) is 1. The van der Waals surface area contributed by atoms with Crippen LogP contribution in [-0.4, -0.2) is 140 Å². The Morgan fingerprint density at radius 3 is 2.33 bits per heavy atom. The molecular formula is C36H46N7O20P3S. The molecule has 1 aliphatic rings. The third kappa shape index (κ3) is 14.7. The summed E-state index contributed by atoms with van der Waals surface area (Å²) in [6.45, 7) is -0.0890. The van der Waals surface area contributed by atoms with Crippen LogP contribution in [-0.2, 0) is 55.5 Å². The van der Waals surface area contributed by atoms with Crippen molar-refractivity contribution in [2.45, 2.75) is 57.3 Å². The number of hydrogen-bond donors (Lipinski definition) is 10. The molecule has 366 valence electrons. The van der Waals surface area contributed by atoms with E-state index in [1.807, 2.05) is 12.1 Å². The molecule has 0 spiro atoms. The number of ketones is 1. The lowest BCUT2D eigenvalue weighted by molar-refractivity contribution is -0.139. The zero-order valence-corrected chi connectivity index (χ0v) is 38.7. The smallest absolute Gasteiger partial charge is 0.481 e. The number of amides is 2. The summed E-state index contributed by atoms with van der Waals surface area (Å²) < 4.78 is 62.3. The maximum Gasteiger partial charge on any atom is 0.481 e. The number of aliphatic hydroxyl groups is 2. The summed E-state index contributed by atoms with van der Waals surface area (Å²) >= 11 is 0.663. The first kappa shape index (κ1) is 53.4. The highest BCUT2D eigenvalue weighted by Gasteiger charge is 2.50. The molecule has 31 heteroatoms. The van der Waals surface area contributed by atoms with Crippen LogP contribution < -0.4 is 16.4 Å². The normalized spacial score (nSPS) is 20.4. The number of nitrogens with one attached hydrogen (secondary N) is 2. The molecule has 5 rings (SSSR count). The number of benzene rings is 2. The van der Waals surface area contributed by atoms with Crippen molar-refractivity contribution in [3.63, 3.8) is 0 Å². The van der Waals surface area contributed by atoms with Gasteiger partial charge in [-0.3, -0.25) is 42.1 Å². The van der Waals surface area contributed by atoms with E-state index < -0.39 is 114 Å². The van der Waals surface area contributed by atoms with Crippen molar-refractivity contribution < 1.29 is 95.2 Å². The number of aliphatic carboxylic acids is 1. The molecule has 1 saturated heterocycles. The number of phosphoric acid groups is 3.